The molecule has 1 aliphatic rings. The monoisotopic (exact) mass is 634 g/mol. The molecule has 44 heavy (non-hydrogen) atoms. The lowest BCUT2D eigenvalue weighted by Crippen LogP contribution is -2.25. The standard InChI is InChI=1S/C27H29N2O4S.C6H6O3S/c1-29-12-10-17(11-13-29)16-28-21-8-6-18-14-23(31-2)26(32-3)27(33-4)25(18)19-7-9-24(34-5)22(30)15-20(19)21;7-10(8,9)6-4-2-1-3-5-6/h7,9-16,21H,6,8H2,1-5H3;1-5H,(H,7,8,9)/q+1;/p-1/t21-;/m0./s1. The number of methoxy groups -OCH3 is 3. The van der Waals surface area contributed by atoms with E-state index in [0.717, 1.165) is 40.7 Å². The third-order valence-corrected chi connectivity index (χ3v) is 8.76. The van der Waals surface area contributed by atoms with Crippen LogP contribution in [0.1, 0.15) is 29.2 Å². The molecule has 1 heterocycles. The van der Waals surface area contributed by atoms with E-state index in [1.165, 1.54) is 36.0 Å². The largest absolute Gasteiger partial charge is 0.744 e. The van der Waals surface area contributed by atoms with E-state index in [0.29, 0.717) is 22.1 Å². The average Bonchev–Trinajstić information content (AvgIpc) is 3.27. The minimum atomic E-state index is -4.25. The molecule has 1 atom stereocenters. The molecule has 5 rings (SSSR count). The molecule has 0 unspecified atom stereocenters. The number of nitrogens with zero attached hydrogens (tertiary/aromatic N) is 2. The fraction of sp³-hybridized carbons (Fsp3) is 0.242. The Morgan fingerprint density at radius 2 is 1.64 bits per heavy atom. The van der Waals surface area contributed by atoms with Gasteiger partial charge in [-0.25, -0.2) is 13.0 Å². The highest BCUT2D eigenvalue weighted by Gasteiger charge is 2.28. The molecule has 0 fully saturated rings. The van der Waals surface area contributed by atoms with E-state index in [1.807, 2.05) is 66.8 Å². The van der Waals surface area contributed by atoms with Crippen molar-refractivity contribution in [3.8, 4) is 28.4 Å². The van der Waals surface area contributed by atoms with E-state index in [1.54, 1.807) is 33.5 Å². The molecular weight excluding hydrogens is 601 g/mol. The van der Waals surface area contributed by atoms with Gasteiger partial charge in [-0.15, -0.1) is 11.8 Å². The Hall–Kier alpha value is -4.19. The number of aromatic nitrogens is 1. The zero-order chi connectivity index (χ0) is 31.9. The molecule has 1 aromatic heterocycles. The SMILES string of the molecule is COc1cc2c(c(OC)c1OC)-c1ccc(SC)c(=O)cc1[C@@H](N=Cc1cc[n+](C)cc1)CC2.O=S(=O)([O-])c1ccccc1. The van der Waals surface area contributed by atoms with Crippen LogP contribution in [0.4, 0.5) is 0 Å². The third kappa shape index (κ3) is 7.47. The Balaban J connectivity index is 0.000000375. The first-order valence-corrected chi connectivity index (χ1v) is 16.3. The van der Waals surface area contributed by atoms with Crippen LogP contribution in [0.5, 0.6) is 17.2 Å². The van der Waals surface area contributed by atoms with Crippen LogP contribution in [0.25, 0.3) is 11.1 Å². The maximum absolute atomic E-state index is 13.0. The molecule has 0 N–H and O–H groups in total. The minimum Gasteiger partial charge on any atom is -0.744 e. The van der Waals surface area contributed by atoms with Gasteiger partial charge in [0.1, 0.15) is 17.2 Å². The molecule has 230 valence electrons. The fourth-order valence-electron chi connectivity index (χ4n) is 4.96. The summed E-state index contributed by atoms with van der Waals surface area (Å²) < 4.78 is 49.9. The second-order valence-electron chi connectivity index (χ2n) is 9.86. The van der Waals surface area contributed by atoms with Gasteiger partial charge in [-0.05, 0) is 66.1 Å². The van der Waals surface area contributed by atoms with Gasteiger partial charge in [-0.1, -0.05) is 24.3 Å². The zero-order valence-electron chi connectivity index (χ0n) is 25.1. The van der Waals surface area contributed by atoms with Crippen LogP contribution in [0.3, 0.4) is 0 Å². The van der Waals surface area contributed by atoms with Gasteiger partial charge >= 0.3 is 0 Å². The van der Waals surface area contributed by atoms with E-state index in [-0.39, 0.29) is 16.4 Å². The van der Waals surface area contributed by atoms with Crippen LogP contribution in [-0.2, 0) is 23.6 Å². The van der Waals surface area contributed by atoms with Crippen molar-refractivity contribution in [3.05, 3.63) is 106 Å². The molecule has 4 aromatic rings. The normalized spacial score (nSPS) is 14.0. The number of thioether (sulfide) groups is 1. The van der Waals surface area contributed by atoms with E-state index >= 15 is 0 Å². The predicted octanol–water partition coefficient (Wildman–Crippen LogP) is 4.98. The summed E-state index contributed by atoms with van der Waals surface area (Å²) in [6.07, 6.45) is 9.27. The predicted molar refractivity (Wildman–Crippen MR) is 170 cm³/mol. The molecule has 0 bridgehead atoms. The quantitative estimate of drug-likeness (QED) is 0.121. The maximum atomic E-state index is 13.0. The lowest BCUT2D eigenvalue weighted by atomic mass is 9.95. The van der Waals surface area contributed by atoms with Crippen molar-refractivity contribution in [1.82, 2.24) is 0 Å². The minimum absolute atomic E-state index is 0.0106. The lowest BCUT2D eigenvalue weighted by molar-refractivity contribution is -0.671. The van der Waals surface area contributed by atoms with Gasteiger partial charge in [0.05, 0.1) is 37.2 Å². The fourth-order valence-corrected chi connectivity index (χ4v) is 5.92. The summed E-state index contributed by atoms with van der Waals surface area (Å²) in [4.78, 5) is 18.5. The van der Waals surface area contributed by atoms with Crippen molar-refractivity contribution >= 4 is 28.1 Å². The number of ether oxygens (including phenoxy) is 3. The molecule has 0 saturated carbocycles. The molecule has 1 aliphatic carbocycles. The smallest absolute Gasteiger partial charge is 0.203 e. The van der Waals surface area contributed by atoms with Crippen molar-refractivity contribution in [2.75, 3.05) is 27.6 Å². The first kappa shape index (κ1) is 32.7. The zero-order valence-corrected chi connectivity index (χ0v) is 26.8. The van der Waals surface area contributed by atoms with E-state index in [9.17, 15) is 17.8 Å². The number of benzene rings is 2. The van der Waals surface area contributed by atoms with E-state index in [4.69, 9.17) is 19.2 Å². The summed E-state index contributed by atoms with van der Waals surface area (Å²) in [6.45, 7) is 0. The van der Waals surface area contributed by atoms with Crippen LogP contribution < -0.4 is 24.2 Å². The summed E-state index contributed by atoms with van der Waals surface area (Å²) in [7, 11) is 2.58. The van der Waals surface area contributed by atoms with Crippen LogP contribution in [0, 0.1) is 0 Å². The van der Waals surface area contributed by atoms with Gasteiger partial charge in [0, 0.05) is 29.5 Å². The van der Waals surface area contributed by atoms with Gasteiger partial charge in [-0.2, -0.15) is 0 Å². The summed E-state index contributed by atoms with van der Waals surface area (Å²) >= 11 is 1.44. The Morgan fingerprint density at radius 1 is 0.955 bits per heavy atom. The van der Waals surface area contributed by atoms with E-state index < -0.39 is 10.1 Å². The van der Waals surface area contributed by atoms with Crippen molar-refractivity contribution in [2.45, 2.75) is 28.7 Å². The Bertz CT molecular complexity index is 1810. The molecule has 9 nitrogen and oxygen atoms in total. The summed E-state index contributed by atoms with van der Waals surface area (Å²) in [5.41, 5.74) is 4.79. The van der Waals surface area contributed by atoms with Crippen LogP contribution in [0.2, 0.25) is 0 Å². The first-order valence-electron chi connectivity index (χ1n) is 13.6. The van der Waals surface area contributed by atoms with Crippen molar-refractivity contribution < 1.29 is 31.7 Å². The van der Waals surface area contributed by atoms with Gasteiger partial charge in [0.2, 0.25) is 5.75 Å². The molecule has 0 saturated heterocycles. The molecule has 0 amide bonds. The molecule has 3 aromatic carbocycles. The highest BCUT2D eigenvalue weighted by molar-refractivity contribution is 7.98. The lowest BCUT2D eigenvalue weighted by Gasteiger charge is -2.19. The number of rotatable bonds is 7. The topological polar surface area (TPSA) is 118 Å². The Morgan fingerprint density at radius 3 is 2.20 bits per heavy atom. The Labute approximate surface area is 261 Å². The second kappa shape index (κ2) is 14.5. The molecule has 11 heteroatoms. The summed E-state index contributed by atoms with van der Waals surface area (Å²) in [6, 6.07) is 18.7. The number of aliphatic imine (C=N–C) groups is 1. The van der Waals surface area contributed by atoms with Crippen LogP contribution in [-0.4, -0.2) is 46.8 Å². The molecular formula is C33H34N2O7S2. The average molecular weight is 635 g/mol. The van der Waals surface area contributed by atoms with Crippen molar-refractivity contribution in [2.24, 2.45) is 12.0 Å². The number of aryl methyl sites for hydroxylation is 2. The number of hydrogen-bond acceptors (Lipinski definition) is 9. The van der Waals surface area contributed by atoms with Gasteiger partial charge in [-0.3, -0.25) is 9.79 Å². The Kier molecular flexibility index (Phi) is 10.8. The van der Waals surface area contributed by atoms with Gasteiger partial charge in [0.25, 0.3) is 0 Å². The number of hydrogen-bond donors (Lipinski definition) is 0. The molecule has 0 radical (unpaired) electrons. The summed E-state index contributed by atoms with van der Waals surface area (Å²) in [5, 5.41) is 0. The van der Waals surface area contributed by atoms with Crippen molar-refractivity contribution in [3.63, 3.8) is 0 Å². The van der Waals surface area contributed by atoms with Crippen LogP contribution in [0.15, 0.2) is 98.7 Å². The van der Waals surface area contributed by atoms with Gasteiger partial charge < -0.3 is 18.8 Å². The maximum Gasteiger partial charge on any atom is 0.203 e. The summed E-state index contributed by atoms with van der Waals surface area (Å²) in [5.74, 6) is 1.75. The van der Waals surface area contributed by atoms with E-state index in [2.05, 4.69) is 0 Å². The molecule has 0 aliphatic heterocycles. The first-order chi connectivity index (χ1) is 21.1. The van der Waals surface area contributed by atoms with Crippen LogP contribution >= 0.6 is 11.8 Å². The van der Waals surface area contributed by atoms with Gasteiger partial charge in [0.15, 0.2) is 29.3 Å². The second-order valence-corrected chi connectivity index (χ2v) is 12.1. The number of fused-ring (bicyclic) bond motifs is 3. The van der Waals surface area contributed by atoms with Crippen molar-refractivity contribution in [1.29, 1.82) is 0 Å². The third-order valence-electron chi connectivity index (χ3n) is 7.13. The highest BCUT2D eigenvalue weighted by atomic mass is 32.2. The number of pyridine rings is 1. The highest BCUT2D eigenvalue weighted by Crippen LogP contribution is 2.50. The molecule has 0 spiro atoms.